The summed E-state index contributed by atoms with van der Waals surface area (Å²) in [4.78, 5) is 18.4. The molecule has 1 aliphatic heterocycles. The quantitative estimate of drug-likeness (QED) is 0.392. The number of aldehydes is 1. The Morgan fingerprint density at radius 1 is 1.09 bits per heavy atom. The number of hydrogen-bond donors (Lipinski definition) is 0. The van der Waals surface area contributed by atoms with E-state index in [4.69, 9.17) is 4.74 Å². The summed E-state index contributed by atoms with van der Waals surface area (Å²) in [6.45, 7) is 0.534. The molecule has 5 rings (SSSR count). The molecule has 6 nitrogen and oxygen atoms in total. The minimum absolute atomic E-state index is 0.0157. The van der Waals surface area contributed by atoms with Gasteiger partial charge in [-0.05, 0) is 42.7 Å². The number of benzene rings is 2. The Morgan fingerprint density at radius 3 is 2.67 bits per heavy atom. The van der Waals surface area contributed by atoms with E-state index in [0.29, 0.717) is 24.1 Å². The van der Waals surface area contributed by atoms with Gasteiger partial charge >= 0.3 is 6.18 Å². The van der Waals surface area contributed by atoms with E-state index in [-0.39, 0.29) is 22.7 Å². The highest BCUT2D eigenvalue weighted by atomic mass is 19.4. The summed E-state index contributed by atoms with van der Waals surface area (Å²) in [5, 5.41) is 4.25. The van der Waals surface area contributed by atoms with Gasteiger partial charge in [0, 0.05) is 17.8 Å². The summed E-state index contributed by atoms with van der Waals surface area (Å²) in [7, 11) is 1.47. The van der Waals surface area contributed by atoms with Gasteiger partial charge < -0.3 is 9.64 Å². The normalized spacial score (nSPS) is 13.8. The number of aromatic nitrogens is 3. The fourth-order valence-corrected chi connectivity index (χ4v) is 4.21. The minimum Gasteiger partial charge on any atom is -0.497 e. The Kier molecular flexibility index (Phi) is 5.03. The van der Waals surface area contributed by atoms with Crippen LogP contribution in [0, 0.1) is 0 Å². The summed E-state index contributed by atoms with van der Waals surface area (Å²) in [6.07, 6.45) is -2.55. The molecule has 0 unspecified atom stereocenters. The Bertz CT molecular complexity index is 1360. The molecule has 33 heavy (non-hydrogen) atoms. The second-order valence-electron chi connectivity index (χ2n) is 7.73. The van der Waals surface area contributed by atoms with E-state index in [0.717, 1.165) is 34.7 Å². The molecule has 1 aliphatic rings. The number of fused-ring (bicyclic) bond motifs is 2. The molecule has 0 aliphatic carbocycles. The number of rotatable bonds is 4. The highest BCUT2D eigenvalue weighted by Crippen LogP contribution is 2.38. The molecule has 0 bridgehead atoms. The summed E-state index contributed by atoms with van der Waals surface area (Å²) in [5.74, 6) is 0.649. The van der Waals surface area contributed by atoms with E-state index in [1.165, 1.54) is 7.11 Å². The number of halogens is 3. The van der Waals surface area contributed by atoms with Crippen molar-refractivity contribution in [1.29, 1.82) is 0 Å². The molecule has 3 heterocycles. The van der Waals surface area contributed by atoms with E-state index >= 15 is 0 Å². The van der Waals surface area contributed by atoms with E-state index in [1.807, 2.05) is 24.3 Å². The molecule has 0 saturated carbocycles. The fourth-order valence-electron chi connectivity index (χ4n) is 4.21. The SMILES string of the molecule is COc1cccc(-c2cc(C(F)(F)F)n3nc(N4CCCc5ccccc54)c(C=O)c3n2)c1. The van der Waals surface area contributed by atoms with Gasteiger partial charge in [0.2, 0.25) is 0 Å². The first-order chi connectivity index (χ1) is 15.9. The van der Waals surface area contributed by atoms with Crippen LogP contribution in [0.4, 0.5) is 24.7 Å². The third-order valence-electron chi connectivity index (χ3n) is 5.74. The lowest BCUT2D eigenvalue weighted by Gasteiger charge is -2.29. The number of nitrogens with zero attached hydrogens (tertiary/aromatic N) is 4. The lowest BCUT2D eigenvalue weighted by Crippen LogP contribution is -2.25. The molecule has 2 aromatic carbocycles. The van der Waals surface area contributed by atoms with E-state index in [2.05, 4.69) is 10.1 Å². The Hall–Kier alpha value is -3.88. The molecular formula is C24H19F3N4O2. The maximum absolute atomic E-state index is 14.1. The number of carbonyl (C=O) groups is 1. The number of para-hydroxylation sites is 1. The Morgan fingerprint density at radius 2 is 1.91 bits per heavy atom. The molecule has 0 fully saturated rings. The minimum atomic E-state index is -4.71. The van der Waals surface area contributed by atoms with Crippen LogP contribution in [0.25, 0.3) is 16.9 Å². The molecule has 0 amide bonds. The molecule has 0 spiro atoms. The van der Waals surface area contributed by atoms with Crippen LogP contribution in [0.15, 0.2) is 54.6 Å². The van der Waals surface area contributed by atoms with Gasteiger partial charge in [-0.15, -0.1) is 5.10 Å². The van der Waals surface area contributed by atoms with Crippen molar-refractivity contribution in [3.8, 4) is 17.0 Å². The van der Waals surface area contributed by atoms with Crippen molar-refractivity contribution in [1.82, 2.24) is 14.6 Å². The zero-order valence-corrected chi connectivity index (χ0v) is 17.6. The van der Waals surface area contributed by atoms with Crippen molar-refractivity contribution < 1.29 is 22.7 Å². The zero-order chi connectivity index (χ0) is 23.2. The molecule has 0 atom stereocenters. The van der Waals surface area contributed by atoms with E-state index < -0.39 is 11.9 Å². The number of alkyl halides is 3. The van der Waals surface area contributed by atoms with Gasteiger partial charge in [0.1, 0.15) is 11.3 Å². The molecule has 9 heteroatoms. The number of methoxy groups -OCH3 is 1. The van der Waals surface area contributed by atoms with Crippen molar-refractivity contribution in [2.75, 3.05) is 18.6 Å². The second kappa shape index (κ2) is 7.91. The van der Waals surface area contributed by atoms with Gasteiger partial charge in [-0.2, -0.15) is 13.2 Å². The summed E-state index contributed by atoms with van der Waals surface area (Å²) in [6, 6.07) is 15.2. The average molecular weight is 452 g/mol. The topological polar surface area (TPSA) is 59.7 Å². The van der Waals surface area contributed by atoms with Gasteiger partial charge in [-0.1, -0.05) is 30.3 Å². The van der Waals surface area contributed by atoms with Crippen molar-refractivity contribution >= 4 is 23.4 Å². The molecule has 0 N–H and O–H groups in total. The number of ether oxygens (including phenoxy) is 1. The standard InChI is InChI=1S/C24H19F3N4O2/c1-33-17-9-4-7-16(12-17)19-13-21(24(25,26)27)31-22(28-19)18(14-32)23(29-31)30-11-5-8-15-6-2-3-10-20(15)30/h2-4,6-7,9-10,12-14H,5,8,11H2,1H3. The largest absolute Gasteiger partial charge is 0.497 e. The van der Waals surface area contributed by atoms with Crippen LogP contribution >= 0.6 is 0 Å². The number of carbonyl (C=O) groups excluding carboxylic acids is 1. The molecule has 4 aromatic rings. The van der Waals surface area contributed by atoms with Crippen molar-refractivity contribution in [2.24, 2.45) is 0 Å². The van der Waals surface area contributed by atoms with Crippen LogP contribution in [-0.2, 0) is 12.6 Å². The molecule has 2 aromatic heterocycles. The average Bonchev–Trinajstić information content (AvgIpc) is 3.20. The highest BCUT2D eigenvalue weighted by molar-refractivity contribution is 5.94. The maximum Gasteiger partial charge on any atom is 0.433 e. The number of aryl methyl sites for hydroxylation is 1. The van der Waals surface area contributed by atoms with E-state index in [1.54, 1.807) is 29.2 Å². The fraction of sp³-hybridized carbons (Fsp3) is 0.208. The highest BCUT2D eigenvalue weighted by Gasteiger charge is 2.37. The Balaban J connectivity index is 1.77. The van der Waals surface area contributed by atoms with Crippen LogP contribution in [0.2, 0.25) is 0 Å². The summed E-state index contributed by atoms with van der Waals surface area (Å²) < 4.78 is 48.1. The maximum atomic E-state index is 14.1. The monoisotopic (exact) mass is 452 g/mol. The zero-order valence-electron chi connectivity index (χ0n) is 17.6. The summed E-state index contributed by atoms with van der Waals surface area (Å²) in [5.41, 5.74) is 1.26. The number of hydrogen-bond acceptors (Lipinski definition) is 5. The lowest BCUT2D eigenvalue weighted by molar-refractivity contribution is -0.142. The van der Waals surface area contributed by atoms with Crippen LogP contribution in [0.3, 0.4) is 0 Å². The first-order valence-electron chi connectivity index (χ1n) is 10.4. The second-order valence-corrected chi connectivity index (χ2v) is 7.73. The Labute approximate surface area is 187 Å². The van der Waals surface area contributed by atoms with Crippen LogP contribution in [0.1, 0.15) is 28.0 Å². The van der Waals surface area contributed by atoms with Gasteiger partial charge in [-0.3, -0.25) is 4.79 Å². The number of anilines is 2. The smallest absolute Gasteiger partial charge is 0.433 e. The van der Waals surface area contributed by atoms with Gasteiger partial charge in [0.05, 0.1) is 12.8 Å². The summed E-state index contributed by atoms with van der Waals surface area (Å²) >= 11 is 0. The third kappa shape index (κ3) is 3.59. The third-order valence-corrected chi connectivity index (χ3v) is 5.74. The lowest BCUT2D eigenvalue weighted by atomic mass is 10.0. The van der Waals surface area contributed by atoms with Gasteiger partial charge in [0.25, 0.3) is 0 Å². The van der Waals surface area contributed by atoms with Crippen LogP contribution in [0.5, 0.6) is 5.75 Å². The molecule has 168 valence electrons. The van der Waals surface area contributed by atoms with Gasteiger partial charge in [0.15, 0.2) is 23.4 Å². The first-order valence-corrected chi connectivity index (χ1v) is 10.4. The first kappa shape index (κ1) is 21.0. The molecule has 0 radical (unpaired) electrons. The predicted molar refractivity (Wildman–Crippen MR) is 117 cm³/mol. The molecular weight excluding hydrogens is 433 g/mol. The van der Waals surface area contributed by atoms with E-state index in [9.17, 15) is 18.0 Å². The van der Waals surface area contributed by atoms with Crippen LogP contribution in [-0.4, -0.2) is 34.5 Å². The predicted octanol–water partition coefficient (Wildman–Crippen LogP) is 5.32. The van der Waals surface area contributed by atoms with Crippen LogP contribution < -0.4 is 9.64 Å². The van der Waals surface area contributed by atoms with Crippen molar-refractivity contribution in [3.63, 3.8) is 0 Å². The van der Waals surface area contributed by atoms with Crippen molar-refractivity contribution in [2.45, 2.75) is 19.0 Å². The van der Waals surface area contributed by atoms with Crippen molar-refractivity contribution in [3.05, 3.63) is 71.4 Å². The van der Waals surface area contributed by atoms with Gasteiger partial charge in [-0.25, -0.2) is 9.50 Å². The molecule has 0 saturated heterocycles.